The monoisotopic (exact) mass is 327 g/mol. The molecule has 7 nitrogen and oxygen atoms in total. The maximum atomic E-state index is 12.4. The minimum atomic E-state index is -3.50. The molecule has 1 saturated heterocycles. The van der Waals surface area contributed by atoms with Crippen molar-refractivity contribution in [2.75, 3.05) is 38.2 Å². The fourth-order valence-corrected chi connectivity index (χ4v) is 3.47. The maximum absolute atomic E-state index is 12.4. The Morgan fingerprint density at radius 3 is 2.45 bits per heavy atom. The number of ether oxygens (including phenoxy) is 1. The van der Waals surface area contributed by atoms with E-state index in [0.717, 1.165) is 6.42 Å². The number of nitrogens with one attached hydrogen (secondary N) is 2. The first-order valence-corrected chi connectivity index (χ1v) is 8.71. The lowest BCUT2D eigenvalue weighted by Gasteiger charge is -2.26. The molecule has 2 amide bonds. The van der Waals surface area contributed by atoms with Gasteiger partial charge in [0.2, 0.25) is 10.0 Å². The number of anilines is 1. The van der Waals surface area contributed by atoms with Gasteiger partial charge in [-0.3, -0.25) is 0 Å². The van der Waals surface area contributed by atoms with Crippen LogP contribution in [0.25, 0.3) is 0 Å². The van der Waals surface area contributed by atoms with Crippen molar-refractivity contribution in [1.29, 1.82) is 0 Å². The van der Waals surface area contributed by atoms with Gasteiger partial charge in [0.1, 0.15) is 0 Å². The van der Waals surface area contributed by atoms with Crippen molar-refractivity contribution >= 4 is 21.7 Å². The highest BCUT2D eigenvalue weighted by atomic mass is 32.2. The zero-order valence-electron chi connectivity index (χ0n) is 12.5. The molecule has 0 aromatic heterocycles. The summed E-state index contributed by atoms with van der Waals surface area (Å²) in [6.45, 7) is 4.11. The number of hydrogen-bond donors (Lipinski definition) is 2. The highest BCUT2D eigenvalue weighted by molar-refractivity contribution is 7.89. The molecule has 1 aromatic rings. The summed E-state index contributed by atoms with van der Waals surface area (Å²) >= 11 is 0. The third-order valence-corrected chi connectivity index (χ3v) is 5.17. The lowest BCUT2D eigenvalue weighted by atomic mass is 10.3. The van der Waals surface area contributed by atoms with Crippen molar-refractivity contribution in [2.45, 2.75) is 18.2 Å². The van der Waals surface area contributed by atoms with E-state index in [9.17, 15) is 13.2 Å². The number of carbonyl (C=O) groups excluding carboxylic acids is 1. The van der Waals surface area contributed by atoms with E-state index in [1.807, 2.05) is 6.92 Å². The molecule has 2 N–H and O–H groups in total. The van der Waals surface area contributed by atoms with Crippen LogP contribution in [-0.4, -0.2) is 51.6 Å². The number of amides is 2. The molecule has 2 rings (SSSR count). The molecule has 0 spiro atoms. The lowest BCUT2D eigenvalue weighted by molar-refractivity contribution is 0.0730. The second-order valence-corrected chi connectivity index (χ2v) is 6.86. The van der Waals surface area contributed by atoms with Gasteiger partial charge in [-0.2, -0.15) is 4.31 Å². The molecule has 0 bridgehead atoms. The Morgan fingerprint density at radius 2 is 1.86 bits per heavy atom. The lowest BCUT2D eigenvalue weighted by Crippen LogP contribution is -2.40. The van der Waals surface area contributed by atoms with Crippen LogP contribution in [0.4, 0.5) is 10.5 Å². The number of benzene rings is 1. The fraction of sp³-hybridized carbons (Fsp3) is 0.500. The van der Waals surface area contributed by atoms with Crippen LogP contribution in [0.2, 0.25) is 0 Å². The van der Waals surface area contributed by atoms with Crippen molar-refractivity contribution in [2.24, 2.45) is 0 Å². The van der Waals surface area contributed by atoms with Crippen LogP contribution in [0.1, 0.15) is 13.3 Å². The summed E-state index contributed by atoms with van der Waals surface area (Å²) in [7, 11) is -3.50. The van der Waals surface area contributed by atoms with E-state index in [1.165, 1.54) is 16.4 Å². The van der Waals surface area contributed by atoms with Gasteiger partial charge in [0.25, 0.3) is 0 Å². The van der Waals surface area contributed by atoms with Gasteiger partial charge in [0.15, 0.2) is 0 Å². The molecule has 1 fully saturated rings. The first-order valence-electron chi connectivity index (χ1n) is 7.27. The Balaban J connectivity index is 2.03. The number of urea groups is 1. The van der Waals surface area contributed by atoms with Gasteiger partial charge in [-0.05, 0) is 30.7 Å². The molecule has 8 heteroatoms. The SMILES string of the molecule is CCCNC(=O)Nc1ccc(S(=O)(=O)N2CCOCC2)cc1. The van der Waals surface area contributed by atoms with Gasteiger partial charge >= 0.3 is 6.03 Å². The number of carbonyl (C=O) groups is 1. The van der Waals surface area contributed by atoms with Crippen molar-refractivity contribution in [3.63, 3.8) is 0 Å². The third kappa shape index (κ3) is 4.19. The molecule has 0 unspecified atom stereocenters. The summed E-state index contributed by atoms with van der Waals surface area (Å²) in [5.41, 5.74) is 0.550. The van der Waals surface area contributed by atoms with Crippen LogP contribution in [0, 0.1) is 0 Å². The van der Waals surface area contributed by atoms with Gasteiger partial charge in [-0.15, -0.1) is 0 Å². The molecule has 0 atom stereocenters. The van der Waals surface area contributed by atoms with Crippen LogP contribution in [0.5, 0.6) is 0 Å². The van der Waals surface area contributed by atoms with Crippen LogP contribution >= 0.6 is 0 Å². The molecule has 122 valence electrons. The van der Waals surface area contributed by atoms with Crippen LogP contribution < -0.4 is 10.6 Å². The van der Waals surface area contributed by atoms with Gasteiger partial charge in [-0.25, -0.2) is 13.2 Å². The molecule has 1 aliphatic heterocycles. The van der Waals surface area contributed by atoms with Gasteiger partial charge in [0.05, 0.1) is 18.1 Å². The van der Waals surface area contributed by atoms with E-state index < -0.39 is 10.0 Å². The molecule has 0 aliphatic carbocycles. The molecular weight excluding hydrogens is 306 g/mol. The van der Waals surface area contributed by atoms with Crippen molar-refractivity contribution < 1.29 is 17.9 Å². The van der Waals surface area contributed by atoms with Gasteiger partial charge in [0, 0.05) is 25.3 Å². The summed E-state index contributed by atoms with van der Waals surface area (Å²) in [6, 6.07) is 5.86. The quantitative estimate of drug-likeness (QED) is 0.852. The topological polar surface area (TPSA) is 87.7 Å². The normalized spacial score (nSPS) is 16.2. The average Bonchev–Trinajstić information content (AvgIpc) is 2.54. The number of morpholine rings is 1. The fourth-order valence-electron chi connectivity index (χ4n) is 2.06. The Morgan fingerprint density at radius 1 is 1.23 bits per heavy atom. The minimum Gasteiger partial charge on any atom is -0.379 e. The van der Waals surface area contributed by atoms with Crippen molar-refractivity contribution in [3.05, 3.63) is 24.3 Å². The van der Waals surface area contributed by atoms with E-state index >= 15 is 0 Å². The smallest absolute Gasteiger partial charge is 0.319 e. The molecular formula is C14H21N3O4S. The van der Waals surface area contributed by atoms with Gasteiger partial charge < -0.3 is 15.4 Å². The van der Waals surface area contributed by atoms with Crippen LogP contribution in [0.3, 0.4) is 0 Å². The van der Waals surface area contributed by atoms with E-state index in [-0.39, 0.29) is 10.9 Å². The third-order valence-electron chi connectivity index (χ3n) is 3.26. The summed E-state index contributed by atoms with van der Waals surface area (Å²) in [6.07, 6.45) is 0.851. The largest absolute Gasteiger partial charge is 0.379 e. The first-order chi connectivity index (χ1) is 10.5. The predicted molar refractivity (Wildman–Crippen MR) is 83.3 cm³/mol. The van der Waals surface area contributed by atoms with E-state index in [4.69, 9.17) is 4.74 Å². The Labute approximate surface area is 130 Å². The molecule has 1 heterocycles. The minimum absolute atomic E-state index is 0.217. The standard InChI is InChI=1S/C14H21N3O4S/c1-2-7-15-14(18)16-12-3-5-13(6-4-12)22(19,20)17-8-10-21-11-9-17/h3-6H,2,7-11H2,1H3,(H2,15,16,18). The summed E-state index contributed by atoms with van der Waals surface area (Å²) < 4.78 is 31.4. The molecule has 1 aromatic carbocycles. The van der Waals surface area contributed by atoms with Crippen LogP contribution in [-0.2, 0) is 14.8 Å². The first kappa shape index (κ1) is 16.7. The van der Waals surface area contributed by atoms with Crippen molar-refractivity contribution in [1.82, 2.24) is 9.62 Å². The number of nitrogens with zero attached hydrogens (tertiary/aromatic N) is 1. The average molecular weight is 327 g/mol. The number of rotatable bonds is 5. The molecule has 22 heavy (non-hydrogen) atoms. The number of sulfonamides is 1. The summed E-state index contributed by atoms with van der Waals surface area (Å²) in [5.74, 6) is 0. The second-order valence-electron chi connectivity index (χ2n) is 4.92. The maximum Gasteiger partial charge on any atom is 0.319 e. The van der Waals surface area contributed by atoms with E-state index in [0.29, 0.717) is 38.5 Å². The molecule has 1 aliphatic rings. The second kappa shape index (κ2) is 7.57. The molecule has 0 radical (unpaired) electrons. The Hall–Kier alpha value is -1.64. The highest BCUT2D eigenvalue weighted by Crippen LogP contribution is 2.19. The van der Waals surface area contributed by atoms with Gasteiger partial charge in [-0.1, -0.05) is 6.92 Å². The van der Waals surface area contributed by atoms with E-state index in [2.05, 4.69) is 10.6 Å². The number of hydrogen-bond acceptors (Lipinski definition) is 4. The zero-order valence-corrected chi connectivity index (χ0v) is 13.4. The summed E-state index contributed by atoms with van der Waals surface area (Å²) in [4.78, 5) is 11.8. The van der Waals surface area contributed by atoms with Crippen LogP contribution in [0.15, 0.2) is 29.2 Å². The Bertz CT molecular complexity index is 595. The summed E-state index contributed by atoms with van der Waals surface area (Å²) in [5, 5.41) is 5.34. The highest BCUT2D eigenvalue weighted by Gasteiger charge is 2.26. The Kier molecular flexibility index (Phi) is 5.76. The molecule has 0 saturated carbocycles. The van der Waals surface area contributed by atoms with E-state index in [1.54, 1.807) is 12.1 Å². The van der Waals surface area contributed by atoms with Crippen molar-refractivity contribution in [3.8, 4) is 0 Å². The zero-order chi connectivity index (χ0) is 16.0. The predicted octanol–water partition coefficient (Wildman–Crippen LogP) is 1.24.